The third-order valence-electron chi connectivity index (χ3n) is 10.2. The largest absolute Gasteiger partial charge is 0.405 e. The van der Waals surface area contributed by atoms with Gasteiger partial charge in [0.05, 0.1) is 21.0 Å². The molecule has 3 aromatic heterocycles. The van der Waals surface area contributed by atoms with Crippen LogP contribution in [0.5, 0.6) is 0 Å². The molecule has 0 spiro atoms. The topological polar surface area (TPSA) is 123 Å². The fourth-order valence-electron chi connectivity index (χ4n) is 6.59. The summed E-state index contributed by atoms with van der Waals surface area (Å²) >= 11 is 1.27. The Balaban J connectivity index is 1.25. The zero-order valence-electron chi connectivity index (χ0n) is 28.0. The maximum absolute atomic E-state index is 13.7. The number of nitrogens with one attached hydrogen (secondary N) is 1. The molecule has 47 heavy (non-hydrogen) atoms. The molecule has 1 N–H and O–H groups in total. The lowest BCUT2D eigenvalue weighted by Crippen LogP contribution is -2.48. The Labute approximate surface area is 281 Å². The Morgan fingerprint density at radius 3 is 2.34 bits per heavy atom. The Morgan fingerprint density at radius 2 is 1.74 bits per heavy atom. The SMILES string of the molecule is Cc1ccc(S(=O)(=O)n2ccc3c(NC4C[C@@H]5CN(C(=O)[C@H](C)O[Si](C)(C)C(C)(C)C)C[C@@H]5C4)c(-c4ncc(C=O)s4)cnc32)cc1. The van der Waals surface area contributed by atoms with E-state index in [0.717, 1.165) is 30.4 Å². The lowest BCUT2D eigenvalue weighted by molar-refractivity contribution is -0.137. The molecule has 1 saturated heterocycles. The highest BCUT2D eigenvalue weighted by Gasteiger charge is 2.45. The van der Waals surface area contributed by atoms with Crippen molar-refractivity contribution in [2.75, 3.05) is 18.4 Å². The first-order valence-electron chi connectivity index (χ1n) is 16.1. The summed E-state index contributed by atoms with van der Waals surface area (Å²) in [5.74, 6) is 0.772. The number of thiazole rings is 1. The first-order chi connectivity index (χ1) is 22.1. The van der Waals surface area contributed by atoms with Crippen LogP contribution in [0.3, 0.4) is 0 Å². The third-order valence-corrected chi connectivity index (χ3v) is 17.4. The zero-order valence-corrected chi connectivity index (χ0v) is 30.6. The van der Waals surface area contributed by atoms with Gasteiger partial charge in [0.2, 0.25) is 5.91 Å². The molecule has 6 rings (SSSR count). The molecule has 1 amide bonds. The Hall–Kier alpha value is -3.39. The standard InChI is InChI=1S/C34H43N5O5S2Si/c1-21-8-10-27(11-9-21)46(42,43)39-13-12-28-30(29(17-35-31(28)39)32-36-16-26(20-40)45-32)37-25-14-23-18-38(19-24(23)15-25)33(41)22(2)44-47(6,7)34(3,4)5/h8-13,16-17,20,22-25H,14-15,18-19H2,1-7H3,(H,35,37)/t22-,23-,24+,25?/m0/s1. The van der Waals surface area contributed by atoms with Crippen molar-refractivity contribution in [1.29, 1.82) is 0 Å². The summed E-state index contributed by atoms with van der Waals surface area (Å²) in [5, 5.41) is 5.05. The molecule has 4 aromatic rings. The molecule has 250 valence electrons. The molecule has 13 heteroatoms. The smallest absolute Gasteiger partial charge is 0.269 e. The second kappa shape index (κ2) is 12.2. The number of aldehydes is 1. The maximum Gasteiger partial charge on any atom is 0.269 e. The van der Waals surface area contributed by atoms with Crippen molar-refractivity contribution in [3.05, 3.63) is 59.4 Å². The van der Waals surface area contributed by atoms with E-state index in [2.05, 4.69) is 49.1 Å². The number of likely N-dealkylation sites (tertiary alicyclic amines) is 1. The van der Waals surface area contributed by atoms with Crippen molar-refractivity contribution in [2.45, 2.75) is 82.6 Å². The Morgan fingerprint density at radius 1 is 1.09 bits per heavy atom. The van der Waals surface area contributed by atoms with E-state index in [0.29, 0.717) is 51.4 Å². The van der Waals surface area contributed by atoms with Crippen molar-refractivity contribution in [1.82, 2.24) is 18.8 Å². The van der Waals surface area contributed by atoms with Crippen LogP contribution in [0, 0.1) is 18.8 Å². The van der Waals surface area contributed by atoms with Crippen LogP contribution < -0.4 is 5.32 Å². The van der Waals surface area contributed by atoms with Gasteiger partial charge in [-0.2, -0.15) is 0 Å². The van der Waals surface area contributed by atoms with Crippen LogP contribution in [0.15, 0.2) is 53.8 Å². The van der Waals surface area contributed by atoms with Crippen LogP contribution >= 0.6 is 11.3 Å². The monoisotopic (exact) mass is 693 g/mol. The Bertz CT molecular complexity index is 1920. The fraction of sp³-hybridized carbons (Fsp3) is 0.471. The molecule has 1 aliphatic carbocycles. The van der Waals surface area contributed by atoms with E-state index in [1.807, 2.05) is 18.7 Å². The lowest BCUT2D eigenvalue weighted by atomic mass is 10.0. The van der Waals surface area contributed by atoms with E-state index in [-0.39, 0.29) is 21.9 Å². The molecule has 1 unspecified atom stereocenters. The minimum atomic E-state index is -3.89. The van der Waals surface area contributed by atoms with Gasteiger partial charge in [0.15, 0.2) is 20.3 Å². The van der Waals surface area contributed by atoms with Crippen molar-refractivity contribution >= 4 is 58.6 Å². The minimum Gasteiger partial charge on any atom is -0.405 e. The highest BCUT2D eigenvalue weighted by atomic mass is 32.2. The van der Waals surface area contributed by atoms with Gasteiger partial charge < -0.3 is 14.6 Å². The number of anilines is 1. The van der Waals surface area contributed by atoms with E-state index in [1.165, 1.54) is 21.5 Å². The number of fused-ring (bicyclic) bond motifs is 2. The third kappa shape index (κ3) is 6.30. The van der Waals surface area contributed by atoms with Gasteiger partial charge in [-0.25, -0.2) is 22.4 Å². The second-order valence-electron chi connectivity index (χ2n) is 14.5. The van der Waals surface area contributed by atoms with E-state index in [1.54, 1.807) is 42.7 Å². The van der Waals surface area contributed by atoms with Crippen molar-refractivity contribution in [2.24, 2.45) is 11.8 Å². The number of benzene rings is 1. The van der Waals surface area contributed by atoms with Crippen molar-refractivity contribution in [3.8, 4) is 10.6 Å². The molecule has 4 heterocycles. The van der Waals surface area contributed by atoms with Crippen LogP contribution in [-0.2, 0) is 19.2 Å². The molecular weight excluding hydrogens is 651 g/mol. The van der Waals surface area contributed by atoms with Crippen LogP contribution in [0.25, 0.3) is 21.6 Å². The first kappa shape index (κ1) is 33.5. The summed E-state index contributed by atoms with van der Waals surface area (Å²) in [6.45, 7) is 16.1. The summed E-state index contributed by atoms with van der Waals surface area (Å²) in [7, 11) is -5.97. The average molecular weight is 694 g/mol. The predicted molar refractivity (Wildman–Crippen MR) is 188 cm³/mol. The molecule has 10 nitrogen and oxygen atoms in total. The Kier molecular flexibility index (Phi) is 8.73. The minimum absolute atomic E-state index is 0.0262. The number of hydrogen-bond acceptors (Lipinski definition) is 9. The molecule has 0 bridgehead atoms. The summed E-state index contributed by atoms with van der Waals surface area (Å²) in [6, 6.07) is 8.64. The second-order valence-corrected chi connectivity index (χ2v) is 22.1. The van der Waals surface area contributed by atoms with E-state index in [4.69, 9.17) is 4.43 Å². The van der Waals surface area contributed by atoms with Gasteiger partial charge in [0.1, 0.15) is 11.1 Å². The molecule has 4 atom stereocenters. The summed E-state index contributed by atoms with van der Waals surface area (Å²) in [5.41, 5.74) is 2.74. The lowest BCUT2D eigenvalue weighted by Gasteiger charge is -2.38. The molecule has 2 aliphatic rings. The van der Waals surface area contributed by atoms with Crippen LogP contribution in [0.2, 0.25) is 18.1 Å². The number of carbonyl (C=O) groups is 2. The highest BCUT2D eigenvalue weighted by molar-refractivity contribution is 7.90. The quantitative estimate of drug-likeness (QED) is 0.154. The van der Waals surface area contributed by atoms with Gasteiger partial charge in [-0.1, -0.05) is 38.5 Å². The molecule has 1 saturated carbocycles. The molecule has 1 aliphatic heterocycles. The van der Waals surface area contributed by atoms with Crippen LogP contribution in [-0.4, -0.2) is 73.0 Å². The zero-order chi connectivity index (χ0) is 33.9. The van der Waals surface area contributed by atoms with E-state index >= 15 is 0 Å². The van der Waals surface area contributed by atoms with E-state index in [9.17, 15) is 18.0 Å². The molecule has 2 fully saturated rings. The van der Waals surface area contributed by atoms with Crippen molar-refractivity contribution < 1.29 is 22.4 Å². The first-order valence-corrected chi connectivity index (χ1v) is 21.2. The van der Waals surface area contributed by atoms with E-state index < -0.39 is 24.4 Å². The number of pyridine rings is 1. The van der Waals surface area contributed by atoms with Gasteiger partial charge in [0, 0.05) is 43.1 Å². The highest BCUT2D eigenvalue weighted by Crippen LogP contribution is 2.43. The molecular formula is C34H43N5O5S2Si. The van der Waals surface area contributed by atoms with Gasteiger partial charge in [0.25, 0.3) is 10.0 Å². The number of amides is 1. The van der Waals surface area contributed by atoms with Gasteiger partial charge in [-0.15, -0.1) is 11.3 Å². The predicted octanol–water partition coefficient (Wildman–Crippen LogP) is 6.58. The van der Waals surface area contributed by atoms with Gasteiger partial charge in [-0.05, 0) is 74.9 Å². The number of hydrogen-bond donors (Lipinski definition) is 1. The van der Waals surface area contributed by atoms with Crippen molar-refractivity contribution in [3.63, 3.8) is 0 Å². The normalized spacial score (nSPS) is 20.8. The summed E-state index contributed by atoms with van der Waals surface area (Å²) in [6.07, 6.45) is 6.76. The number of aromatic nitrogens is 3. The maximum atomic E-state index is 13.7. The molecule has 1 aromatic carbocycles. The number of rotatable bonds is 9. The summed E-state index contributed by atoms with van der Waals surface area (Å²) in [4.78, 5) is 36.7. The van der Waals surface area contributed by atoms with Crippen LogP contribution in [0.4, 0.5) is 5.69 Å². The number of carbonyl (C=O) groups excluding carboxylic acids is 2. The van der Waals surface area contributed by atoms with Gasteiger partial charge >= 0.3 is 0 Å². The average Bonchev–Trinajstić information content (AvgIpc) is 3.79. The summed E-state index contributed by atoms with van der Waals surface area (Å²) < 4.78 is 35.0. The van der Waals surface area contributed by atoms with Gasteiger partial charge in [-0.3, -0.25) is 9.59 Å². The molecule has 0 radical (unpaired) electrons. The fourth-order valence-corrected chi connectivity index (χ4v) is 9.98. The number of aryl methyl sites for hydroxylation is 1. The number of nitrogens with zero attached hydrogens (tertiary/aromatic N) is 4. The van der Waals surface area contributed by atoms with Crippen LogP contribution in [0.1, 0.15) is 55.8 Å².